The topological polar surface area (TPSA) is 35.0 Å². The summed E-state index contributed by atoms with van der Waals surface area (Å²) in [4.78, 5) is 8.51. The van der Waals surface area contributed by atoms with Crippen molar-refractivity contribution in [3.8, 4) is 11.6 Å². The van der Waals surface area contributed by atoms with E-state index in [4.69, 9.17) is 16.3 Å². The minimum Gasteiger partial charge on any atom is -0.438 e. The van der Waals surface area contributed by atoms with Gasteiger partial charge in [0, 0.05) is 22.5 Å². The summed E-state index contributed by atoms with van der Waals surface area (Å²) in [5, 5.41) is 0.355. The van der Waals surface area contributed by atoms with Crippen LogP contribution in [0.5, 0.6) is 11.6 Å². The SMILES string of the molecule is CCCc1nc(Cl)c(C)c(Oc2cc(F)cc(Br)c2)n1. The molecule has 2 rings (SSSR count). The van der Waals surface area contributed by atoms with Gasteiger partial charge in [-0.1, -0.05) is 34.5 Å². The van der Waals surface area contributed by atoms with Crippen molar-refractivity contribution in [1.82, 2.24) is 9.97 Å². The molecular weight excluding hydrogens is 347 g/mol. The van der Waals surface area contributed by atoms with Gasteiger partial charge in [-0.05, 0) is 25.5 Å². The van der Waals surface area contributed by atoms with Gasteiger partial charge in [0.2, 0.25) is 5.88 Å². The van der Waals surface area contributed by atoms with Crippen LogP contribution in [0.4, 0.5) is 4.39 Å². The van der Waals surface area contributed by atoms with Crippen molar-refractivity contribution in [2.24, 2.45) is 0 Å². The van der Waals surface area contributed by atoms with Crippen LogP contribution in [-0.2, 0) is 6.42 Å². The van der Waals surface area contributed by atoms with Crippen LogP contribution in [0, 0.1) is 12.7 Å². The van der Waals surface area contributed by atoms with Crippen LogP contribution in [0.15, 0.2) is 22.7 Å². The molecule has 0 unspecified atom stereocenters. The van der Waals surface area contributed by atoms with Crippen LogP contribution in [0.3, 0.4) is 0 Å². The maximum Gasteiger partial charge on any atom is 0.226 e. The van der Waals surface area contributed by atoms with Crippen molar-refractivity contribution >= 4 is 27.5 Å². The summed E-state index contributed by atoms with van der Waals surface area (Å²) in [7, 11) is 0. The van der Waals surface area contributed by atoms with Gasteiger partial charge >= 0.3 is 0 Å². The summed E-state index contributed by atoms with van der Waals surface area (Å²) in [6, 6.07) is 4.31. The zero-order valence-electron chi connectivity index (χ0n) is 11.1. The van der Waals surface area contributed by atoms with Gasteiger partial charge in [0.05, 0.1) is 0 Å². The second kappa shape index (κ2) is 6.50. The number of aryl methyl sites for hydroxylation is 1. The first-order valence-corrected chi connectivity index (χ1v) is 7.33. The second-order valence-corrected chi connectivity index (χ2v) is 5.59. The lowest BCUT2D eigenvalue weighted by Crippen LogP contribution is -2.01. The van der Waals surface area contributed by atoms with Gasteiger partial charge in [0.25, 0.3) is 0 Å². The molecule has 3 nitrogen and oxygen atoms in total. The van der Waals surface area contributed by atoms with E-state index in [1.807, 2.05) is 6.92 Å². The van der Waals surface area contributed by atoms with Gasteiger partial charge < -0.3 is 4.74 Å². The Morgan fingerprint density at radius 3 is 2.70 bits per heavy atom. The fourth-order valence-electron chi connectivity index (χ4n) is 1.65. The summed E-state index contributed by atoms with van der Waals surface area (Å²) < 4.78 is 19.6. The molecule has 0 atom stereocenters. The average molecular weight is 360 g/mol. The fourth-order valence-corrected chi connectivity index (χ4v) is 2.27. The molecule has 0 saturated heterocycles. The van der Waals surface area contributed by atoms with Crippen molar-refractivity contribution in [2.75, 3.05) is 0 Å². The van der Waals surface area contributed by atoms with Crippen molar-refractivity contribution in [3.05, 3.63) is 45.0 Å². The smallest absolute Gasteiger partial charge is 0.226 e. The van der Waals surface area contributed by atoms with Gasteiger partial charge in [-0.25, -0.2) is 9.37 Å². The van der Waals surface area contributed by atoms with Crippen LogP contribution in [0.1, 0.15) is 24.7 Å². The number of halogens is 3. The molecule has 0 aliphatic carbocycles. The molecule has 0 aliphatic heterocycles. The van der Waals surface area contributed by atoms with Crippen LogP contribution < -0.4 is 4.74 Å². The van der Waals surface area contributed by atoms with E-state index in [9.17, 15) is 4.39 Å². The Hall–Kier alpha value is -1.20. The molecule has 0 bridgehead atoms. The number of rotatable bonds is 4. The Balaban J connectivity index is 2.36. The maximum atomic E-state index is 13.3. The van der Waals surface area contributed by atoms with Crippen LogP contribution in [-0.4, -0.2) is 9.97 Å². The Labute approximate surface area is 130 Å². The molecule has 0 amide bonds. The minimum atomic E-state index is -0.388. The molecule has 1 aromatic heterocycles. The third kappa shape index (κ3) is 3.67. The van der Waals surface area contributed by atoms with Crippen LogP contribution >= 0.6 is 27.5 Å². The van der Waals surface area contributed by atoms with Gasteiger partial charge in [-0.15, -0.1) is 0 Å². The standard InChI is InChI=1S/C14H13BrClFN2O/c1-3-4-12-18-13(16)8(2)14(19-12)20-11-6-9(15)5-10(17)7-11/h5-7H,3-4H2,1-2H3. The number of nitrogens with zero attached hydrogens (tertiary/aromatic N) is 2. The number of ether oxygens (including phenoxy) is 1. The van der Waals surface area contributed by atoms with E-state index in [0.717, 1.165) is 6.42 Å². The van der Waals surface area contributed by atoms with Crippen molar-refractivity contribution < 1.29 is 9.13 Å². The lowest BCUT2D eigenvalue weighted by atomic mass is 10.3. The fraction of sp³-hybridized carbons (Fsp3) is 0.286. The predicted molar refractivity (Wildman–Crippen MR) is 79.9 cm³/mol. The third-order valence-corrected chi connectivity index (χ3v) is 3.44. The van der Waals surface area contributed by atoms with Gasteiger partial charge in [0.15, 0.2) is 0 Å². The van der Waals surface area contributed by atoms with E-state index >= 15 is 0 Å². The zero-order valence-corrected chi connectivity index (χ0v) is 13.4. The Bertz CT molecular complexity index is 617. The Morgan fingerprint density at radius 2 is 2.05 bits per heavy atom. The number of hydrogen-bond donors (Lipinski definition) is 0. The molecule has 0 N–H and O–H groups in total. The summed E-state index contributed by atoms with van der Waals surface area (Å²) in [5.74, 6) is 0.942. The van der Waals surface area contributed by atoms with E-state index < -0.39 is 0 Å². The molecule has 106 valence electrons. The number of aromatic nitrogens is 2. The van der Waals surface area contributed by atoms with Crippen LogP contribution in [0.2, 0.25) is 5.15 Å². The van der Waals surface area contributed by atoms with E-state index in [0.29, 0.717) is 39.1 Å². The highest BCUT2D eigenvalue weighted by atomic mass is 79.9. The van der Waals surface area contributed by atoms with E-state index in [-0.39, 0.29) is 5.82 Å². The lowest BCUT2D eigenvalue weighted by Gasteiger charge is -2.10. The first-order valence-electron chi connectivity index (χ1n) is 6.16. The van der Waals surface area contributed by atoms with Crippen molar-refractivity contribution in [3.63, 3.8) is 0 Å². The van der Waals surface area contributed by atoms with E-state index in [1.165, 1.54) is 12.1 Å². The normalized spacial score (nSPS) is 10.7. The number of benzene rings is 1. The molecule has 0 fully saturated rings. The highest BCUT2D eigenvalue weighted by Crippen LogP contribution is 2.29. The van der Waals surface area contributed by atoms with Gasteiger partial charge in [0.1, 0.15) is 22.5 Å². The maximum absolute atomic E-state index is 13.3. The molecule has 20 heavy (non-hydrogen) atoms. The average Bonchev–Trinajstić information content (AvgIpc) is 2.34. The minimum absolute atomic E-state index is 0.353. The second-order valence-electron chi connectivity index (χ2n) is 4.32. The number of hydrogen-bond acceptors (Lipinski definition) is 3. The van der Waals surface area contributed by atoms with Crippen molar-refractivity contribution in [2.45, 2.75) is 26.7 Å². The first-order chi connectivity index (χ1) is 9.49. The molecule has 1 heterocycles. The molecule has 6 heteroatoms. The Morgan fingerprint density at radius 1 is 1.30 bits per heavy atom. The molecule has 0 spiro atoms. The Kier molecular flexibility index (Phi) is 4.94. The molecule has 0 saturated carbocycles. The highest BCUT2D eigenvalue weighted by Gasteiger charge is 2.12. The summed E-state index contributed by atoms with van der Waals surface area (Å²) >= 11 is 9.29. The first kappa shape index (κ1) is 15.2. The molecule has 1 aromatic carbocycles. The van der Waals surface area contributed by atoms with Gasteiger partial charge in [-0.3, -0.25) is 0 Å². The molecule has 0 aliphatic rings. The van der Waals surface area contributed by atoms with Gasteiger partial charge in [-0.2, -0.15) is 4.98 Å². The van der Waals surface area contributed by atoms with E-state index in [2.05, 4.69) is 25.9 Å². The largest absolute Gasteiger partial charge is 0.438 e. The van der Waals surface area contributed by atoms with Crippen molar-refractivity contribution in [1.29, 1.82) is 0 Å². The molecule has 0 radical (unpaired) electrons. The zero-order chi connectivity index (χ0) is 14.7. The lowest BCUT2D eigenvalue weighted by molar-refractivity contribution is 0.449. The summed E-state index contributed by atoms with van der Waals surface area (Å²) in [6.45, 7) is 3.79. The monoisotopic (exact) mass is 358 g/mol. The summed E-state index contributed by atoms with van der Waals surface area (Å²) in [6.07, 6.45) is 1.62. The van der Waals surface area contributed by atoms with E-state index in [1.54, 1.807) is 13.0 Å². The summed E-state index contributed by atoms with van der Waals surface area (Å²) in [5.41, 5.74) is 0.631. The quantitative estimate of drug-likeness (QED) is 0.714. The molecular formula is C14H13BrClFN2O. The molecule has 2 aromatic rings. The van der Waals surface area contributed by atoms with Crippen LogP contribution in [0.25, 0.3) is 0 Å². The highest BCUT2D eigenvalue weighted by molar-refractivity contribution is 9.10. The predicted octanol–water partition coefficient (Wildman–Crippen LogP) is 5.08. The third-order valence-electron chi connectivity index (χ3n) is 2.61.